The van der Waals surface area contributed by atoms with Gasteiger partial charge in [0, 0.05) is 6.04 Å². The van der Waals surface area contributed by atoms with E-state index in [4.69, 9.17) is 20.9 Å². The maximum atomic E-state index is 11.3. The predicted octanol–water partition coefficient (Wildman–Crippen LogP) is 1.23. The molecule has 0 bridgehead atoms. The summed E-state index contributed by atoms with van der Waals surface area (Å²) in [6, 6.07) is 5.56. The number of carbonyl (C=O) groups is 1. The van der Waals surface area contributed by atoms with Gasteiger partial charge in [-0.1, -0.05) is 19.1 Å². The topological polar surface area (TPSA) is 87.6 Å². The van der Waals surface area contributed by atoms with Crippen molar-refractivity contribution in [2.75, 3.05) is 7.11 Å². The number of hydrogen-bond donors (Lipinski definition) is 2. The number of amides is 1. The van der Waals surface area contributed by atoms with Crippen LogP contribution in [0, 0.1) is 0 Å². The van der Waals surface area contributed by atoms with E-state index in [0.717, 1.165) is 5.56 Å². The lowest BCUT2D eigenvalue weighted by atomic mass is 10.1. The van der Waals surface area contributed by atoms with Crippen LogP contribution in [-0.2, 0) is 11.2 Å². The minimum Gasteiger partial charge on any atom is -0.493 e. The van der Waals surface area contributed by atoms with Crippen LogP contribution in [0.1, 0.15) is 25.8 Å². The van der Waals surface area contributed by atoms with Crippen molar-refractivity contribution in [2.45, 2.75) is 38.8 Å². The van der Waals surface area contributed by atoms with E-state index < -0.39 is 12.0 Å². The van der Waals surface area contributed by atoms with E-state index >= 15 is 0 Å². The summed E-state index contributed by atoms with van der Waals surface area (Å²) in [5.41, 5.74) is 12.0. The number of nitrogens with two attached hydrogens (primary N) is 2. The summed E-state index contributed by atoms with van der Waals surface area (Å²) >= 11 is 0. The Morgan fingerprint density at radius 2 is 2.11 bits per heavy atom. The molecule has 0 heterocycles. The van der Waals surface area contributed by atoms with E-state index in [-0.39, 0.29) is 6.04 Å². The number of ether oxygens (including phenoxy) is 2. The summed E-state index contributed by atoms with van der Waals surface area (Å²) in [5, 5.41) is 0. The molecule has 19 heavy (non-hydrogen) atoms. The van der Waals surface area contributed by atoms with Gasteiger partial charge in [0.25, 0.3) is 5.91 Å². The van der Waals surface area contributed by atoms with Crippen LogP contribution in [0.15, 0.2) is 18.2 Å². The first kappa shape index (κ1) is 15.3. The molecule has 0 spiro atoms. The minimum atomic E-state index is -0.664. The molecule has 5 heteroatoms. The van der Waals surface area contributed by atoms with Crippen LogP contribution in [0.2, 0.25) is 0 Å². The molecule has 0 aliphatic rings. The Kier molecular flexibility index (Phi) is 5.63. The van der Waals surface area contributed by atoms with Gasteiger partial charge in [0.15, 0.2) is 17.6 Å². The molecular weight excluding hydrogens is 244 g/mol. The molecule has 106 valence electrons. The first-order valence-electron chi connectivity index (χ1n) is 6.37. The van der Waals surface area contributed by atoms with Gasteiger partial charge in [-0.15, -0.1) is 0 Å². The van der Waals surface area contributed by atoms with Crippen LogP contribution in [-0.4, -0.2) is 25.2 Å². The van der Waals surface area contributed by atoms with Crippen molar-refractivity contribution >= 4 is 5.91 Å². The van der Waals surface area contributed by atoms with Crippen LogP contribution in [0.5, 0.6) is 11.5 Å². The van der Waals surface area contributed by atoms with Gasteiger partial charge in [-0.25, -0.2) is 0 Å². The maximum Gasteiger partial charge on any atom is 0.258 e. The van der Waals surface area contributed by atoms with Crippen LogP contribution in [0.3, 0.4) is 0 Å². The molecule has 0 aromatic heterocycles. The summed E-state index contributed by atoms with van der Waals surface area (Å²) < 4.78 is 11.0. The number of rotatable bonds is 7. The molecule has 1 amide bonds. The summed E-state index contributed by atoms with van der Waals surface area (Å²) in [7, 11) is 1.56. The fourth-order valence-corrected chi connectivity index (χ4v) is 1.85. The molecule has 0 fully saturated rings. The van der Waals surface area contributed by atoms with Crippen molar-refractivity contribution in [1.82, 2.24) is 0 Å². The number of benzene rings is 1. The molecule has 0 saturated heterocycles. The Morgan fingerprint density at radius 1 is 1.42 bits per heavy atom. The van der Waals surface area contributed by atoms with Gasteiger partial charge in [0.05, 0.1) is 7.11 Å². The third kappa shape index (κ3) is 4.13. The normalized spacial score (nSPS) is 13.7. The fraction of sp³-hybridized carbons (Fsp3) is 0.500. The van der Waals surface area contributed by atoms with Gasteiger partial charge in [-0.2, -0.15) is 0 Å². The molecule has 5 nitrogen and oxygen atoms in total. The van der Waals surface area contributed by atoms with Crippen molar-refractivity contribution in [1.29, 1.82) is 0 Å². The predicted molar refractivity (Wildman–Crippen MR) is 74.2 cm³/mol. The zero-order valence-corrected chi connectivity index (χ0v) is 11.7. The molecular formula is C14H22N2O3. The molecule has 0 radical (unpaired) electrons. The fourth-order valence-electron chi connectivity index (χ4n) is 1.85. The van der Waals surface area contributed by atoms with E-state index in [2.05, 4.69) is 0 Å². The van der Waals surface area contributed by atoms with Crippen molar-refractivity contribution in [3.8, 4) is 11.5 Å². The minimum absolute atomic E-state index is 0.0110. The van der Waals surface area contributed by atoms with Gasteiger partial charge >= 0.3 is 0 Å². The standard InChI is InChI=1S/C14H22N2O3/c1-4-11(14(16)17)19-13-10(8-9(2)15)6-5-7-12(13)18-3/h5-7,9,11H,4,8,15H2,1-3H3,(H2,16,17). The van der Waals surface area contributed by atoms with Crippen LogP contribution in [0.25, 0.3) is 0 Å². The highest BCUT2D eigenvalue weighted by atomic mass is 16.5. The number of hydrogen-bond acceptors (Lipinski definition) is 4. The zero-order chi connectivity index (χ0) is 14.4. The van der Waals surface area contributed by atoms with E-state index in [9.17, 15) is 4.79 Å². The van der Waals surface area contributed by atoms with Crippen molar-refractivity contribution in [3.05, 3.63) is 23.8 Å². The zero-order valence-electron chi connectivity index (χ0n) is 11.7. The highest BCUT2D eigenvalue weighted by Gasteiger charge is 2.20. The van der Waals surface area contributed by atoms with Gasteiger partial charge in [0.2, 0.25) is 0 Å². The summed E-state index contributed by atoms with van der Waals surface area (Å²) in [5.74, 6) is 0.644. The highest BCUT2D eigenvalue weighted by molar-refractivity contribution is 5.79. The van der Waals surface area contributed by atoms with Gasteiger partial charge in [-0.05, 0) is 31.4 Å². The van der Waals surface area contributed by atoms with Crippen molar-refractivity contribution in [3.63, 3.8) is 0 Å². The van der Waals surface area contributed by atoms with Gasteiger partial charge in [0.1, 0.15) is 0 Å². The summed E-state index contributed by atoms with van der Waals surface area (Å²) in [4.78, 5) is 11.3. The van der Waals surface area contributed by atoms with Gasteiger partial charge in [-0.3, -0.25) is 4.79 Å². The largest absolute Gasteiger partial charge is 0.493 e. The Hall–Kier alpha value is -1.75. The average molecular weight is 266 g/mol. The number of methoxy groups -OCH3 is 1. The van der Waals surface area contributed by atoms with E-state index in [1.165, 1.54) is 0 Å². The van der Waals surface area contributed by atoms with E-state index in [1.807, 2.05) is 26.0 Å². The lowest BCUT2D eigenvalue weighted by Crippen LogP contribution is -2.33. The summed E-state index contributed by atoms with van der Waals surface area (Å²) in [6.07, 6.45) is 0.482. The van der Waals surface area contributed by atoms with Crippen LogP contribution in [0.4, 0.5) is 0 Å². The second kappa shape index (κ2) is 6.99. The smallest absolute Gasteiger partial charge is 0.258 e. The van der Waals surface area contributed by atoms with Crippen molar-refractivity contribution in [2.24, 2.45) is 11.5 Å². The van der Waals surface area contributed by atoms with Gasteiger partial charge < -0.3 is 20.9 Å². The second-order valence-electron chi connectivity index (χ2n) is 4.55. The van der Waals surface area contributed by atoms with Crippen LogP contribution >= 0.6 is 0 Å². The molecule has 1 rings (SSSR count). The summed E-state index contributed by atoms with van der Waals surface area (Å²) in [6.45, 7) is 3.75. The first-order valence-corrected chi connectivity index (χ1v) is 6.37. The molecule has 1 aromatic rings. The number of primary amides is 1. The maximum absolute atomic E-state index is 11.3. The Bertz CT molecular complexity index is 433. The SMILES string of the molecule is CCC(Oc1c(CC(C)N)cccc1OC)C(N)=O. The number of para-hydroxylation sites is 1. The quantitative estimate of drug-likeness (QED) is 0.777. The molecule has 2 unspecified atom stereocenters. The number of carbonyl (C=O) groups excluding carboxylic acids is 1. The highest BCUT2D eigenvalue weighted by Crippen LogP contribution is 2.33. The third-order valence-electron chi connectivity index (χ3n) is 2.77. The Balaban J connectivity index is 3.10. The van der Waals surface area contributed by atoms with E-state index in [0.29, 0.717) is 24.3 Å². The average Bonchev–Trinajstić information content (AvgIpc) is 2.35. The van der Waals surface area contributed by atoms with Crippen molar-refractivity contribution < 1.29 is 14.3 Å². The molecule has 0 aliphatic carbocycles. The third-order valence-corrected chi connectivity index (χ3v) is 2.77. The second-order valence-corrected chi connectivity index (χ2v) is 4.55. The Morgan fingerprint density at radius 3 is 2.58 bits per heavy atom. The lowest BCUT2D eigenvalue weighted by molar-refractivity contribution is -0.124. The first-order chi connectivity index (χ1) is 8.99. The molecule has 2 atom stereocenters. The molecule has 1 aromatic carbocycles. The van der Waals surface area contributed by atoms with Crippen LogP contribution < -0.4 is 20.9 Å². The van der Waals surface area contributed by atoms with E-state index in [1.54, 1.807) is 13.2 Å². The molecule has 0 aliphatic heterocycles. The molecule has 0 saturated carbocycles. The monoisotopic (exact) mass is 266 g/mol. The Labute approximate surface area is 113 Å². The lowest BCUT2D eigenvalue weighted by Gasteiger charge is -2.20. The molecule has 4 N–H and O–H groups in total.